The van der Waals surface area contributed by atoms with Crippen molar-refractivity contribution < 1.29 is 4.92 Å². The maximum absolute atomic E-state index is 10.5. The van der Waals surface area contributed by atoms with Crippen LogP contribution in [-0.4, -0.2) is 14.5 Å². The van der Waals surface area contributed by atoms with Gasteiger partial charge in [-0.15, -0.1) is 0 Å². The second kappa shape index (κ2) is 3.34. The van der Waals surface area contributed by atoms with Crippen molar-refractivity contribution in [3.8, 4) is 0 Å². The molecule has 0 aliphatic heterocycles. The number of nitrogens with zero attached hydrogens (tertiary/aromatic N) is 3. The fourth-order valence-electron chi connectivity index (χ4n) is 1.55. The average Bonchev–Trinajstić information content (AvgIpc) is 2.59. The first-order valence-corrected chi connectivity index (χ1v) is 4.70. The quantitative estimate of drug-likeness (QED) is 0.559. The molecule has 15 heavy (non-hydrogen) atoms. The predicted molar refractivity (Wildman–Crippen MR) is 56.8 cm³/mol. The van der Waals surface area contributed by atoms with E-state index in [-0.39, 0.29) is 5.69 Å². The lowest BCUT2D eigenvalue weighted by Gasteiger charge is -2.07. The number of aromatic nitrogens is 2. The minimum absolute atomic E-state index is 0.0315. The highest BCUT2D eigenvalue weighted by Gasteiger charge is 2.10. The van der Waals surface area contributed by atoms with E-state index in [0.717, 1.165) is 11.0 Å². The van der Waals surface area contributed by atoms with E-state index in [1.54, 1.807) is 6.07 Å². The molecule has 0 saturated heterocycles. The molecule has 0 fully saturated rings. The average molecular weight is 205 g/mol. The van der Waals surface area contributed by atoms with Crippen molar-refractivity contribution >= 4 is 16.7 Å². The van der Waals surface area contributed by atoms with Crippen LogP contribution < -0.4 is 0 Å². The second-order valence-corrected chi connectivity index (χ2v) is 3.68. The molecule has 0 bridgehead atoms. The van der Waals surface area contributed by atoms with Crippen LogP contribution in [0.3, 0.4) is 0 Å². The van der Waals surface area contributed by atoms with Gasteiger partial charge in [0.1, 0.15) is 11.8 Å². The molecule has 0 aliphatic rings. The van der Waals surface area contributed by atoms with E-state index in [4.69, 9.17) is 0 Å². The Morgan fingerprint density at radius 1 is 1.53 bits per heavy atom. The Labute approximate surface area is 86.5 Å². The van der Waals surface area contributed by atoms with Crippen LogP contribution in [0, 0.1) is 10.1 Å². The topological polar surface area (TPSA) is 61.0 Å². The zero-order chi connectivity index (χ0) is 11.0. The molecule has 2 aromatic rings. The number of pyridine rings is 1. The van der Waals surface area contributed by atoms with Crippen molar-refractivity contribution in [3.05, 3.63) is 34.6 Å². The third kappa shape index (κ3) is 1.56. The van der Waals surface area contributed by atoms with Gasteiger partial charge in [0.15, 0.2) is 0 Å². The first-order chi connectivity index (χ1) is 7.09. The lowest BCUT2D eigenvalue weighted by molar-refractivity contribution is -0.385. The number of nitro groups is 1. The molecule has 0 atom stereocenters. The summed E-state index contributed by atoms with van der Waals surface area (Å²) in [5.74, 6) is 0. The summed E-state index contributed by atoms with van der Waals surface area (Å²) < 4.78 is 1.99. The van der Waals surface area contributed by atoms with Crippen molar-refractivity contribution in [1.29, 1.82) is 0 Å². The van der Waals surface area contributed by atoms with Gasteiger partial charge in [-0.2, -0.15) is 0 Å². The summed E-state index contributed by atoms with van der Waals surface area (Å²) in [7, 11) is 0. The van der Waals surface area contributed by atoms with E-state index < -0.39 is 4.92 Å². The van der Waals surface area contributed by atoms with Crippen LogP contribution in [0.1, 0.15) is 19.9 Å². The number of fused-ring (bicyclic) bond motifs is 1. The van der Waals surface area contributed by atoms with Gasteiger partial charge in [0.25, 0.3) is 5.69 Å². The minimum atomic E-state index is -0.431. The molecule has 5 nitrogen and oxygen atoms in total. The van der Waals surface area contributed by atoms with E-state index >= 15 is 0 Å². The molecule has 0 spiro atoms. The Morgan fingerprint density at radius 3 is 2.87 bits per heavy atom. The monoisotopic (exact) mass is 205 g/mol. The van der Waals surface area contributed by atoms with E-state index in [2.05, 4.69) is 4.98 Å². The van der Waals surface area contributed by atoms with Crippen LogP contribution in [-0.2, 0) is 0 Å². The van der Waals surface area contributed by atoms with Gasteiger partial charge in [0.2, 0.25) is 0 Å². The molecular formula is C10H11N3O2. The van der Waals surface area contributed by atoms with Crippen molar-refractivity contribution in [2.24, 2.45) is 0 Å². The molecule has 2 aromatic heterocycles. The zero-order valence-electron chi connectivity index (χ0n) is 8.54. The normalized spacial score (nSPS) is 11.1. The Kier molecular flexibility index (Phi) is 2.15. The van der Waals surface area contributed by atoms with Gasteiger partial charge in [-0.1, -0.05) is 0 Å². The highest BCUT2D eigenvalue weighted by Crippen LogP contribution is 2.21. The summed E-state index contributed by atoms with van der Waals surface area (Å²) >= 11 is 0. The summed E-state index contributed by atoms with van der Waals surface area (Å²) in [4.78, 5) is 14.2. The second-order valence-electron chi connectivity index (χ2n) is 3.68. The van der Waals surface area contributed by atoms with Crippen LogP contribution in [0.5, 0.6) is 0 Å². The van der Waals surface area contributed by atoms with Crippen molar-refractivity contribution in [2.45, 2.75) is 19.9 Å². The molecule has 0 N–H and O–H groups in total. The number of hydrogen-bond donors (Lipinski definition) is 0. The Morgan fingerprint density at radius 2 is 2.27 bits per heavy atom. The largest absolute Gasteiger partial charge is 0.330 e. The maximum atomic E-state index is 10.5. The van der Waals surface area contributed by atoms with Crippen LogP contribution in [0.4, 0.5) is 5.69 Å². The predicted octanol–water partition coefficient (Wildman–Crippen LogP) is 2.53. The Hall–Kier alpha value is -1.91. The molecule has 0 unspecified atom stereocenters. The Bertz CT molecular complexity index is 516. The van der Waals surface area contributed by atoms with E-state index in [1.807, 2.05) is 30.7 Å². The van der Waals surface area contributed by atoms with E-state index in [9.17, 15) is 10.1 Å². The lowest BCUT2D eigenvalue weighted by atomic mass is 10.3. The number of hydrogen-bond acceptors (Lipinski definition) is 3. The number of rotatable bonds is 2. The van der Waals surface area contributed by atoms with Gasteiger partial charge < -0.3 is 4.57 Å². The van der Waals surface area contributed by atoms with Crippen LogP contribution >= 0.6 is 0 Å². The first kappa shape index (κ1) is 9.64. The molecule has 5 heteroatoms. The third-order valence-corrected chi connectivity index (χ3v) is 2.31. The molecule has 0 amide bonds. The SMILES string of the molecule is CC(C)n1ccc2cc([N+](=O)[O-])cnc21. The van der Waals surface area contributed by atoms with Crippen LogP contribution in [0.2, 0.25) is 0 Å². The molecule has 0 saturated carbocycles. The first-order valence-electron chi connectivity index (χ1n) is 4.70. The fraction of sp³-hybridized carbons (Fsp3) is 0.300. The van der Waals surface area contributed by atoms with Gasteiger partial charge in [0.05, 0.1) is 4.92 Å². The van der Waals surface area contributed by atoms with Crippen molar-refractivity contribution in [1.82, 2.24) is 9.55 Å². The molecular weight excluding hydrogens is 194 g/mol. The third-order valence-electron chi connectivity index (χ3n) is 2.31. The summed E-state index contributed by atoms with van der Waals surface area (Å²) in [6.07, 6.45) is 3.19. The van der Waals surface area contributed by atoms with Gasteiger partial charge >= 0.3 is 0 Å². The molecule has 78 valence electrons. The van der Waals surface area contributed by atoms with E-state index in [0.29, 0.717) is 6.04 Å². The van der Waals surface area contributed by atoms with Crippen LogP contribution in [0.15, 0.2) is 24.5 Å². The van der Waals surface area contributed by atoms with Gasteiger partial charge in [-0.25, -0.2) is 4.98 Å². The van der Waals surface area contributed by atoms with E-state index in [1.165, 1.54) is 6.20 Å². The summed E-state index contributed by atoms with van der Waals surface area (Å²) in [5, 5.41) is 11.3. The van der Waals surface area contributed by atoms with Crippen molar-refractivity contribution in [2.75, 3.05) is 0 Å². The smallest absolute Gasteiger partial charge is 0.288 e. The highest BCUT2D eigenvalue weighted by atomic mass is 16.6. The molecule has 0 aromatic carbocycles. The highest BCUT2D eigenvalue weighted by molar-refractivity contribution is 5.78. The summed E-state index contributed by atoms with van der Waals surface area (Å²) in [5.41, 5.74) is 0.819. The fourth-order valence-corrected chi connectivity index (χ4v) is 1.55. The van der Waals surface area contributed by atoms with Crippen molar-refractivity contribution in [3.63, 3.8) is 0 Å². The molecule has 2 rings (SSSR count). The van der Waals surface area contributed by atoms with Crippen LogP contribution in [0.25, 0.3) is 11.0 Å². The summed E-state index contributed by atoms with van der Waals surface area (Å²) in [6.45, 7) is 4.09. The standard InChI is InChI=1S/C10H11N3O2/c1-7(2)12-4-3-8-5-9(13(14)15)6-11-10(8)12/h3-7H,1-2H3. The lowest BCUT2D eigenvalue weighted by Crippen LogP contribution is -1.99. The van der Waals surface area contributed by atoms with Gasteiger partial charge in [-0.3, -0.25) is 10.1 Å². The Balaban J connectivity index is 2.61. The zero-order valence-corrected chi connectivity index (χ0v) is 8.54. The molecule has 0 radical (unpaired) electrons. The summed E-state index contributed by atoms with van der Waals surface area (Å²) in [6, 6.07) is 3.69. The molecule has 0 aliphatic carbocycles. The van der Waals surface area contributed by atoms with Gasteiger partial charge in [-0.05, 0) is 19.9 Å². The van der Waals surface area contributed by atoms with Gasteiger partial charge in [0, 0.05) is 23.7 Å². The minimum Gasteiger partial charge on any atom is -0.330 e. The molecule has 2 heterocycles. The maximum Gasteiger partial charge on any atom is 0.288 e.